The van der Waals surface area contributed by atoms with Gasteiger partial charge in [0, 0.05) is 23.8 Å². The number of carbonyl (C=O) groups is 1. The third-order valence-electron chi connectivity index (χ3n) is 7.67. The van der Waals surface area contributed by atoms with Crippen molar-refractivity contribution in [2.24, 2.45) is 5.92 Å². The van der Waals surface area contributed by atoms with E-state index in [0.717, 1.165) is 11.5 Å². The number of hydrogen-bond donors (Lipinski definition) is 0. The average molecular weight is 575 g/mol. The lowest BCUT2D eigenvalue weighted by atomic mass is 9.77. The maximum Gasteiger partial charge on any atom is 0.409 e. The molecule has 0 spiro atoms. The molecule has 1 aliphatic rings. The molecule has 0 aliphatic heterocycles. The molecule has 1 aliphatic carbocycles. The highest BCUT2D eigenvalue weighted by Gasteiger charge is 2.24. The summed E-state index contributed by atoms with van der Waals surface area (Å²) in [5.41, 5.74) is 1.18. The lowest BCUT2D eigenvalue weighted by Gasteiger charge is -2.29. The van der Waals surface area contributed by atoms with Crippen LogP contribution in [-0.4, -0.2) is 12.1 Å². The fourth-order valence-electron chi connectivity index (χ4n) is 5.39. The van der Waals surface area contributed by atoms with Gasteiger partial charge in [-0.05, 0) is 72.4 Å². The number of hydrogen-bond acceptors (Lipinski definition) is 2. The molecule has 3 aromatic rings. The van der Waals surface area contributed by atoms with Gasteiger partial charge in [-0.15, -0.1) is 0 Å². The summed E-state index contributed by atoms with van der Waals surface area (Å²) < 4.78 is 85.1. The van der Waals surface area contributed by atoms with Gasteiger partial charge in [-0.3, -0.25) is 0 Å². The van der Waals surface area contributed by atoms with Crippen LogP contribution in [0.3, 0.4) is 0 Å². The minimum Gasteiger partial charge on any atom is -0.423 e. The van der Waals surface area contributed by atoms with E-state index < -0.39 is 46.5 Å². The number of benzene rings is 3. The number of esters is 1. The van der Waals surface area contributed by atoms with Gasteiger partial charge in [-0.1, -0.05) is 62.9 Å². The zero-order valence-corrected chi connectivity index (χ0v) is 22.7. The Morgan fingerprint density at radius 1 is 0.854 bits per heavy atom. The van der Waals surface area contributed by atoms with Crippen LogP contribution < -0.4 is 4.74 Å². The van der Waals surface area contributed by atoms with Crippen LogP contribution in [0.25, 0.3) is 17.2 Å². The molecular formula is C33H32F6O2. The number of rotatable bonds is 9. The van der Waals surface area contributed by atoms with Crippen molar-refractivity contribution in [3.8, 4) is 16.9 Å². The lowest BCUT2D eigenvalue weighted by molar-refractivity contribution is -0.0790. The van der Waals surface area contributed by atoms with Gasteiger partial charge in [0.15, 0.2) is 0 Å². The summed E-state index contributed by atoms with van der Waals surface area (Å²) in [7, 11) is 0. The van der Waals surface area contributed by atoms with E-state index in [1.165, 1.54) is 69.1 Å². The second-order valence-electron chi connectivity index (χ2n) is 10.6. The van der Waals surface area contributed by atoms with E-state index in [2.05, 4.69) is 19.1 Å². The van der Waals surface area contributed by atoms with E-state index in [9.17, 15) is 31.1 Å². The van der Waals surface area contributed by atoms with Crippen molar-refractivity contribution in [3.63, 3.8) is 0 Å². The normalized spacial score (nSPS) is 17.6. The maximum absolute atomic E-state index is 14.9. The van der Waals surface area contributed by atoms with Crippen LogP contribution in [0.2, 0.25) is 0 Å². The molecule has 0 radical (unpaired) electrons. The van der Waals surface area contributed by atoms with Crippen LogP contribution in [0, 0.1) is 23.4 Å². The molecule has 0 atom stereocenters. The van der Waals surface area contributed by atoms with E-state index in [0.29, 0.717) is 23.6 Å². The minimum atomic E-state index is -4.76. The summed E-state index contributed by atoms with van der Waals surface area (Å²) in [5.74, 6) is -4.09. The van der Waals surface area contributed by atoms with Crippen molar-refractivity contribution < 1.29 is 35.9 Å². The molecule has 0 unspecified atom stereocenters. The first-order valence-electron chi connectivity index (χ1n) is 13.9. The number of alkyl halides is 3. The zero-order valence-electron chi connectivity index (χ0n) is 22.7. The van der Waals surface area contributed by atoms with Crippen LogP contribution in [0.5, 0.6) is 5.75 Å². The Morgan fingerprint density at radius 3 is 2.07 bits per heavy atom. The largest absolute Gasteiger partial charge is 0.423 e. The Morgan fingerprint density at radius 2 is 1.49 bits per heavy atom. The monoisotopic (exact) mass is 574 g/mol. The SMILES string of the molecule is CCCCCC1CCC(c2ccc(-c3ccc(C(=O)Oc4cc(F)c(C=CC(F)(F)F)c(F)c4)c(F)c3)cc2)CC1. The molecular weight excluding hydrogens is 542 g/mol. The molecule has 1 saturated carbocycles. The number of ether oxygens (including phenoxy) is 1. The quantitative estimate of drug-likeness (QED) is 0.110. The second kappa shape index (κ2) is 13.4. The fourth-order valence-corrected chi connectivity index (χ4v) is 5.39. The molecule has 2 nitrogen and oxygen atoms in total. The first-order valence-corrected chi connectivity index (χ1v) is 13.9. The summed E-state index contributed by atoms with van der Waals surface area (Å²) in [6.07, 6.45) is 5.16. The minimum absolute atomic E-state index is 0.237. The second-order valence-corrected chi connectivity index (χ2v) is 10.6. The molecule has 3 aromatic carbocycles. The molecule has 8 heteroatoms. The summed E-state index contributed by atoms with van der Waals surface area (Å²) >= 11 is 0. The molecule has 1 fully saturated rings. The van der Waals surface area contributed by atoms with Gasteiger partial charge in [0.2, 0.25) is 0 Å². The molecule has 0 bridgehead atoms. The third kappa shape index (κ3) is 8.24. The van der Waals surface area contributed by atoms with Gasteiger partial charge in [-0.2, -0.15) is 13.2 Å². The van der Waals surface area contributed by atoms with Gasteiger partial charge in [0.05, 0.1) is 5.56 Å². The molecule has 41 heavy (non-hydrogen) atoms. The number of allylic oxidation sites excluding steroid dienone is 1. The standard InChI is InChI=1S/C33H32F6O2/c1-2-3-4-5-21-6-8-22(9-7-21)23-10-12-24(13-11-23)25-14-15-28(29(34)18-25)32(40)41-26-19-30(35)27(31(36)20-26)16-17-33(37,38)39/h10-22H,2-9H2,1H3. The Bertz CT molecular complexity index is 1350. The molecule has 218 valence electrons. The van der Waals surface area contributed by atoms with Crippen molar-refractivity contribution in [1.82, 2.24) is 0 Å². The molecule has 0 N–H and O–H groups in total. The van der Waals surface area contributed by atoms with Crippen LogP contribution >= 0.6 is 0 Å². The lowest BCUT2D eigenvalue weighted by Crippen LogP contribution is -2.13. The van der Waals surface area contributed by atoms with Gasteiger partial charge in [-0.25, -0.2) is 18.0 Å². The highest BCUT2D eigenvalue weighted by atomic mass is 19.4. The fraction of sp³-hybridized carbons (Fsp3) is 0.364. The van der Waals surface area contributed by atoms with Crippen molar-refractivity contribution >= 4 is 12.0 Å². The molecule has 0 aromatic heterocycles. The highest BCUT2D eigenvalue weighted by molar-refractivity contribution is 5.92. The highest BCUT2D eigenvalue weighted by Crippen LogP contribution is 2.38. The van der Waals surface area contributed by atoms with Gasteiger partial charge in [0.25, 0.3) is 0 Å². The van der Waals surface area contributed by atoms with E-state index in [1.807, 2.05) is 12.1 Å². The first-order chi connectivity index (χ1) is 19.5. The predicted molar refractivity (Wildman–Crippen MR) is 147 cm³/mol. The van der Waals surface area contributed by atoms with Crippen LogP contribution in [0.1, 0.15) is 85.7 Å². The summed E-state index contributed by atoms with van der Waals surface area (Å²) in [6, 6.07) is 13.0. The van der Waals surface area contributed by atoms with Crippen molar-refractivity contribution in [2.75, 3.05) is 0 Å². The molecule has 4 rings (SSSR count). The van der Waals surface area contributed by atoms with Gasteiger partial charge >= 0.3 is 12.1 Å². The molecule has 0 saturated heterocycles. The Hall–Kier alpha value is -3.55. The van der Waals surface area contributed by atoms with E-state index in [-0.39, 0.29) is 12.2 Å². The Balaban J connectivity index is 1.39. The zero-order chi connectivity index (χ0) is 29.6. The number of halogens is 6. The number of carbonyl (C=O) groups excluding carboxylic acids is 1. The van der Waals surface area contributed by atoms with Crippen LogP contribution in [0.15, 0.2) is 60.7 Å². The topological polar surface area (TPSA) is 26.3 Å². The van der Waals surface area contributed by atoms with Gasteiger partial charge < -0.3 is 4.74 Å². The van der Waals surface area contributed by atoms with Crippen molar-refractivity contribution in [1.29, 1.82) is 0 Å². The van der Waals surface area contributed by atoms with Crippen LogP contribution in [-0.2, 0) is 0 Å². The predicted octanol–water partition coefficient (Wildman–Crippen LogP) is 10.4. The van der Waals surface area contributed by atoms with Crippen LogP contribution in [0.4, 0.5) is 26.3 Å². The maximum atomic E-state index is 14.9. The Labute approximate surface area is 236 Å². The van der Waals surface area contributed by atoms with E-state index in [4.69, 9.17) is 4.74 Å². The first kappa shape index (κ1) is 30.4. The average Bonchev–Trinajstić information content (AvgIpc) is 2.92. The summed E-state index contributed by atoms with van der Waals surface area (Å²) in [6.45, 7) is 2.22. The smallest absolute Gasteiger partial charge is 0.409 e. The number of unbranched alkanes of at least 4 members (excludes halogenated alkanes) is 2. The Kier molecular flexibility index (Phi) is 9.94. The van der Waals surface area contributed by atoms with E-state index in [1.54, 1.807) is 6.07 Å². The molecule has 0 heterocycles. The van der Waals surface area contributed by atoms with Crippen molar-refractivity contribution in [2.45, 2.75) is 70.4 Å². The third-order valence-corrected chi connectivity index (χ3v) is 7.67. The van der Waals surface area contributed by atoms with Crippen molar-refractivity contribution in [3.05, 3.63) is 94.8 Å². The summed E-state index contributed by atoms with van der Waals surface area (Å²) in [4.78, 5) is 12.5. The summed E-state index contributed by atoms with van der Waals surface area (Å²) in [5, 5.41) is 0. The van der Waals surface area contributed by atoms with E-state index >= 15 is 0 Å². The van der Waals surface area contributed by atoms with Gasteiger partial charge in [0.1, 0.15) is 23.2 Å². The molecule has 0 amide bonds.